The van der Waals surface area contributed by atoms with E-state index in [1.807, 2.05) is 0 Å². The minimum Gasteiger partial charge on any atom is -0.481 e. The number of hydrogen-bond donors (Lipinski definition) is 2. The first-order valence-corrected chi connectivity index (χ1v) is 5.74. The molecule has 0 aliphatic rings. The Labute approximate surface area is 109 Å². The van der Waals surface area contributed by atoms with Gasteiger partial charge >= 0.3 is 5.97 Å². The molecule has 0 aromatic heterocycles. The molecule has 1 rings (SSSR count). The number of aliphatic carboxylic acids is 1. The number of nitrogens with zero attached hydrogens (tertiary/aromatic N) is 1. The van der Waals surface area contributed by atoms with Gasteiger partial charge in [-0.15, -0.1) is 0 Å². The van der Waals surface area contributed by atoms with Crippen molar-refractivity contribution in [1.29, 1.82) is 0 Å². The van der Waals surface area contributed by atoms with Gasteiger partial charge < -0.3 is 10.4 Å². The van der Waals surface area contributed by atoms with E-state index >= 15 is 0 Å². The van der Waals surface area contributed by atoms with Crippen molar-refractivity contribution in [3.05, 3.63) is 33.6 Å². The van der Waals surface area contributed by atoms with Gasteiger partial charge in [-0.3, -0.25) is 14.9 Å². The summed E-state index contributed by atoms with van der Waals surface area (Å²) in [7, 11) is 0. The van der Waals surface area contributed by atoms with Crippen LogP contribution in [-0.4, -0.2) is 22.0 Å². The maximum atomic E-state index is 13.3. The van der Waals surface area contributed by atoms with Gasteiger partial charge in [0.15, 0.2) is 0 Å². The van der Waals surface area contributed by atoms with Crippen LogP contribution < -0.4 is 5.32 Å². The minimum absolute atomic E-state index is 0.0395. The number of anilines is 1. The van der Waals surface area contributed by atoms with Crippen LogP contribution in [0, 0.1) is 22.9 Å². The molecule has 1 unspecified atom stereocenters. The lowest BCUT2D eigenvalue weighted by Gasteiger charge is -2.15. The highest BCUT2D eigenvalue weighted by Gasteiger charge is 2.18. The lowest BCUT2D eigenvalue weighted by Crippen LogP contribution is -2.17. The topological polar surface area (TPSA) is 92.5 Å². The van der Waals surface area contributed by atoms with Gasteiger partial charge in [0.1, 0.15) is 11.5 Å². The van der Waals surface area contributed by atoms with Gasteiger partial charge in [-0.05, 0) is 31.9 Å². The van der Waals surface area contributed by atoms with Crippen LogP contribution >= 0.6 is 0 Å². The molecule has 6 nitrogen and oxygen atoms in total. The normalized spacial score (nSPS) is 11.9. The Morgan fingerprint density at radius 3 is 2.74 bits per heavy atom. The van der Waals surface area contributed by atoms with E-state index in [2.05, 4.69) is 5.32 Å². The molecule has 0 saturated heterocycles. The van der Waals surface area contributed by atoms with E-state index < -0.39 is 16.7 Å². The first-order chi connectivity index (χ1) is 8.81. The van der Waals surface area contributed by atoms with Crippen molar-refractivity contribution in [2.24, 2.45) is 0 Å². The molecule has 0 radical (unpaired) electrons. The van der Waals surface area contributed by atoms with Crippen molar-refractivity contribution in [2.45, 2.75) is 32.7 Å². The van der Waals surface area contributed by atoms with E-state index in [4.69, 9.17) is 5.11 Å². The number of aryl methyl sites for hydroxylation is 1. The summed E-state index contributed by atoms with van der Waals surface area (Å²) in [6.45, 7) is 3.22. The molecule has 0 aliphatic heterocycles. The molecule has 0 saturated carbocycles. The molecule has 2 N–H and O–H groups in total. The van der Waals surface area contributed by atoms with Crippen LogP contribution in [0.3, 0.4) is 0 Å². The van der Waals surface area contributed by atoms with Gasteiger partial charge in [-0.1, -0.05) is 0 Å². The summed E-state index contributed by atoms with van der Waals surface area (Å²) in [5.74, 6) is -1.58. The third kappa shape index (κ3) is 4.20. The van der Waals surface area contributed by atoms with Gasteiger partial charge in [0.25, 0.3) is 5.69 Å². The smallest absolute Gasteiger partial charge is 0.303 e. The van der Waals surface area contributed by atoms with Crippen molar-refractivity contribution in [2.75, 3.05) is 5.32 Å². The quantitative estimate of drug-likeness (QED) is 0.612. The van der Waals surface area contributed by atoms with Crippen LogP contribution in [0.2, 0.25) is 0 Å². The number of carbonyl (C=O) groups is 1. The van der Waals surface area contributed by atoms with E-state index in [9.17, 15) is 19.3 Å². The number of carboxylic acids is 1. The molecular weight excluding hydrogens is 255 g/mol. The molecule has 0 spiro atoms. The maximum absolute atomic E-state index is 13.3. The Balaban J connectivity index is 2.90. The third-order valence-electron chi connectivity index (χ3n) is 2.67. The van der Waals surface area contributed by atoms with E-state index in [0.29, 0.717) is 12.0 Å². The average molecular weight is 270 g/mol. The van der Waals surface area contributed by atoms with Crippen LogP contribution in [0.15, 0.2) is 12.1 Å². The van der Waals surface area contributed by atoms with Crippen LogP contribution in [0.1, 0.15) is 25.3 Å². The second kappa shape index (κ2) is 6.12. The molecule has 0 amide bonds. The van der Waals surface area contributed by atoms with Crippen molar-refractivity contribution in [1.82, 2.24) is 0 Å². The Kier molecular flexibility index (Phi) is 4.80. The SMILES string of the molecule is Cc1cc(NC(C)CCC(=O)O)c([N+](=O)[O-])cc1F. The number of carboxylic acid groups (broad SMARTS) is 1. The van der Waals surface area contributed by atoms with Gasteiger partial charge in [0.05, 0.1) is 11.0 Å². The lowest BCUT2D eigenvalue weighted by atomic mass is 10.1. The fourth-order valence-electron chi connectivity index (χ4n) is 1.62. The summed E-state index contributed by atoms with van der Waals surface area (Å²) in [6.07, 6.45) is 0.283. The highest BCUT2D eigenvalue weighted by Crippen LogP contribution is 2.28. The summed E-state index contributed by atoms with van der Waals surface area (Å²) in [6, 6.07) is 1.95. The summed E-state index contributed by atoms with van der Waals surface area (Å²) in [5, 5.41) is 22.2. The lowest BCUT2D eigenvalue weighted by molar-refractivity contribution is -0.384. The Morgan fingerprint density at radius 2 is 2.21 bits per heavy atom. The van der Waals surface area contributed by atoms with Crippen molar-refractivity contribution in [3.8, 4) is 0 Å². The zero-order valence-corrected chi connectivity index (χ0v) is 10.6. The van der Waals surface area contributed by atoms with Gasteiger partial charge in [-0.25, -0.2) is 4.39 Å². The fourth-order valence-corrected chi connectivity index (χ4v) is 1.62. The van der Waals surface area contributed by atoms with E-state index in [1.54, 1.807) is 6.92 Å². The van der Waals surface area contributed by atoms with Crippen molar-refractivity contribution < 1.29 is 19.2 Å². The standard InChI is InChI=1S/C12H15FN2O4/c1-7-5-10(11(15(18)19)6-9(7)13)14-8(2)3-4-12(16)17/h5-6,8,14H,3-4H2,1-2H3,(H,16,17). The molecule has 0 heterocycles. The minimum atomic E-state index is -0.932. The highest BCUT2D eigenvalue weighted by molar-refractivity contribution is 5.67. The molecule has 0 aliphatic carbocycles. The second-order valence-corrected chi connectivity index (χ2v) is 4.35. The molecule has 7 heteroatoms. The monoisotopic (exact) mass is 270 g/mol. The van der Waals surface area contributed by atoms with E-state index in [-0.39, 0.29) is 23.8 Å². The molecule has 1 aromatic rings. The molecule has 104 valence electrons. The predicted molar refractivity (Wildman–Crippen MR) is 67.7 cm³/mol. The number of nitro groups is 1. The fraction of sp³-hybridized carbons (Fsp3) is 0.417. The highest BCUT2D eigenvalue weighted by atomic mass is 19.1. The Bertz CT molecular complexity index is 505. The number of nitro benzene ring substituents is 1. The molecular formula is C12H15FN2O4. The molecule has 1 atom stereocenters. The first kappa shape index (κ1) is 14.9. The third-order valence-corrected chi connectivity index (χ3v) is 2.67. The summed E-state index contributed by atoms with van der Waals surface area (Å²) < 4.78 is 13.3. The van der Waals surface area contributed by atoms with E-state index in [1.165, 1.54) is 13.0 Å². The molecule has 19 heavy (non-hydrogen) atoms. The number of nitrogens with one attached hydrogen (secondary N) is 1. The molecule has 0 bridgehead atoms. The van der Waals surface area contributed by atoms with Gasteiger partial charge in [-0.2, -0.15) is 0 Å². The maximum Gasteiger partial charge on any atom is 0.303 e. The zero-order chi connectivity index (χ0) is 14.6. The zero-order valence-electron chi connectivity index (χ0n) is 10.6. The van der Waals surface area contributed by atoms with Crippen molar-refractivity contribution >= 4 is 17.3 Å². The largest absolute Gasteiger partial charge is 0.481 e. The van der Waals surface area contributed by atoms with E-state index in [0.717, 1.165) is 6.07 Å². The summed E-state index contributed by atoms with van der Waals surface area (Å²) in [5.41, 5.74) is 0.130. The van der Waals surface area contributed by atoms with Crippen molar-refractivity contribution in [3.63, 3.8) is 0 Å². The number of hydrogen-bond acceptors (Lipinski definition) is 4. The second-order valence-electron chi connectivity index (χ2n) is 4.35. The summed E-state index contributed by atoms with van der Waals surface area (Å²) >= 11 is 0. The number of benzene rings is 1. The Morgan fingerprint density at radius 1 is 1.58 bits per heavy atom. The molecule has 1 aromatic carbocycles. The average Bonchev–Trinajstić information content (AvgIpc) is 2.30. The first-order valence-electron chi connectivity index (χ1n) is 5.74. The predicted octanol–water partition coefficient (Wildman–Crippen LogP) is 2.71. The van der Waals surface area contributed by atoms with Crippen LogP contribution in [0.25, 0.3) is 0 Å². The molecule has 0 fully saturated rings. The van der Waals surface area contributed by atoms with Crippen LogP contribution in [-0.2, 0) is 4.79 Å². The van der Waals surface area contributed by atoms with Crippen LogP contribution in [0.4, 0.5) is 15.8 Å². The van der Waals surface area contributed by atoms with Crippen LogP contribution in [0.5, 0.6) is 0 Å². The van der Waals surface area contributed by atoms with Gasteiger partial charge in [0.2, 0.25) is 0 Å². The number of halogens is 1. The number of rotatable bonds is 6. The van der Waals surface area contributed by atoms with Gasteiger partial charge in [0, 0.05) is 12.5 Å². The summed E-state index contributed by atoms with van der Waals surface area (Å²) in [4.78, 5) is 20.6. The Hall–Kier alpha value is -2.18.